The minimum absolute atomic E-state index is 0.426. The van der Waals surface area contributed by atoms with Crippen LogP contribution in [0.2, 0.25) is 5.02 Å². The molecular formula is C20H14ClN5O2S2. The van der Waals surface area contributed by atoms with Gasteiger partial charge in [0.15, 0.2) is 9.50 Å². The molecule has 150 valence electrons. The predicted molar refractivity (Wildman–Crippen MR) is 118 cm³/mol. The summed E-state index contributed by atoms with van der Waals surface area (Å²) in [6.07, 6.45) is 9.00. The van der Waals surface area contributed by atoms with E-state index in [2.05, 4.69) is 15.0 Å². The summed E-state index contributed by atoms with van der Waals surface area (Å²) in [5.41, 5.74) is 2.13. The number of benzene rings is 1. The Balaban J connectivity index is 1.73. The van der Waals surface area contributed by atoms with E-state index in [1.165, 1.54) is 27.7 Å². The first-order valence-electron chi connectivity index (χ1n) is 8.95. The Labute approximate surface area is 183 Å². The zero-order valence-corrected chi connectivity index (χ0v) is 17.9. The molecule has 3 aromatic heterocycles. The molecule has 1 aromatic carbocycles. The second-order valence-corrected chi connectivity index (χ2v) is 9.42. The Morgan fingerprint density at radius 2 is 2.10 bits per heavy atom. The van der Waals surface area contributed by atoms with Gasteiger partial charge in [-0.25, -0.2) is 14.8 Å². The number of nitrogens with zero attached hydrogens (tertiary/aromatic N) is 3. The number of aromatic nitrogens is 5. The van der Waals surface area contributed by atoms with Gasteiger partial charge < -0.3 is 9.55 Å². The summed E-state index contributed by atoms with van der Waals surface area (Å²) in [4.78, 5) is 40.2. The van der Waals surface area contributed by atoms with Crippen LogP contribution in [0.15, 0.2) is 55.9 Å². The van der Waals surface area contributed by atoms with Gasteiger partial charge in [0, 0.05) is 36.2 Å². The number of nitrogens with one attached hydrogen (secondary N) is 2. The molecule has 1 atom stereocenters. The maximum atomic E-state index is 12.8. The Hall–Kier alpha value is -2.88. The fraction of sp³-hybridized carbons (Fsp3) is 0.100. The van der Waals surface area contributed by atoms with Crippen molar-refractivity contribution in [2.75, 3.05) is 0 Å². The first kappa shape index (κ1) is 19.1. The van der Waals surface area contributed by atoms with Crippen molar-refractivity contribution in [3.63, 3.8) is 0 Å². The van der Waals surface area contributed by atoms with E-state index in [1.807, 2.05) is 24.3 Å². The average molecular weight is 456 g/mol. The number of rotatable bonds is 3. The van der Waals surface area contributed by atoms with Crippen LogP contribution < -0.4 is 11.2 Å². The average Bonchev–Trinajstić information content (AvgIpc) is 3.33. The zero-order valence-electron chi connectivity index (χ0n) is 15.5. The number of H-pyrrole nitrogens is 2. The standard InChI is InChI=1S/C20H14ClN5O2S2/c1-26-9-13(17(27)25-19(26)28)15-12-4-3-11(21)8-10(12)2-5-14-16(15)24-20(29-14)30-18-22-6-7-23-18/h2-9,15H,1H3,(H,22,23)(H,25,27,28). The molecule has 4 aromatic rings. The lowest BCUT2D eigenvalue weighted by molar-refractivity contribution is 0.759. The van der Waals surface area contributed by atoms with Crippen molar-refractivity contribution in [1.29, 1.82) is 0 Å². The first-order chi connectivity index (χ1) is 14.5. The lowest BCUT2D eigenvalue weighted by Gasteiger charge is -2.18. The van der Waals surface area contributed by atoms with Crippen LogP contribution in [0.5, 0.6) is 0 Å². The van der Waals surface area contributed by atoms with Crippen molar-refractivity contribution >= 4 is 46.9 Å². The molecule has 0 fully saturated rings. The Morgan fingerprint density at radius 1 is 1.23 bits per heavy atom. The van der Waals surface area contributed by atoms with Crippen molar-refractivity contribution in [3.05, 3.63) is 89.9 Å². The van der Waals surface area contributed by atoms with E-state index in [0.29, 0.717) is 10.6 Å². The first-order valence-corrected chi connectivity index (χ1v) is 11.0. The van der Waals surface area contributed by atoms with Gasteiger partial charge in [0.25, 0.3) is 5.56 Å². The van der Waals surface area contributed by atoms with Crippen molar-refractivity contribution in [2.45, 2.75) is 15.4 Å². The van der Waals surface area contributed by atoms with Crippen molar-refractivity contribution in [3.8, 4) is 0 Å². The zero-order chi connectivity index (χ0) is 20.8. The van der Waals surface area contributed by atoms with Gasteiger partial charge in [-0.3, -0.25) is 9.78 Å². The van der Waals surface area contributed by atoms with E-state index in [9.17, 15) is 9.59 Å². The second-order valence-electron chi connectivity index (χ2n) is 6.72. The van der Waals surface area contributed by atoms with Gasteiger partial charge in [0.05, 0.1) is 16.5 Å². The van der Waals surface area contributed by atoms with Crippen LogP contribution in [-0.2, 0) is 7.05 Å². The molecular weight excluding hydrogens is 442 g/mol. The quantitative estimate of drug-likeness (QED) is 0.432. The smallest absolute Gasteiger partial charge is 0.328 e. The number of aryl methyl sites for hydroxylation is 1. The molecule has 0 saturated carbocycles. The third kappa shape index (κ3) is 3.34. The van der Waals surface area contributed by atoms with Crippen LogP contribution in [0.3, 0.4) is 0 Å². The van der Waals surface area contributed by atoms with Gasteiger partial charge in [0.2, 0.25) is 0 Å². The fourth-order valence-corrected chi connectivity index (χ4v) is 5.59. The molecule has 0 spiro atoms. The van der Waals surface area contributed by atoms with Crippen LogP contribution >= 0.6 is 34.7 Å². The highest BCUT2D eigenvalue weighted by molar-refractivity contribution is 8.00. The summed E-state index contributed by atoms with van der Waals surface area (Å²) >= 11 is 9.17. The number of aromatic amines is 2. The number of hydrogen-bond donors (Lipinski definition) is 2. The molecule has 0 bridgehead atoms. The van der Waals surface area contributed by atoms with Crippen LogP contribution in [0.4, 0.5) is 0 Å². The van der Waals surface area contributed by atoms with Gasteiger partial charge in [-0.15, -0.1) is 11.3 Å². The van der Waals surface area contributed by atoms with E-state index >= 15 is 0 Å². The fourth-order valence-electron chi connectivity index (χ4n) is 3.45. The molecule has 1 aliphatic carbocycles. The van der Waals surface area contributed by atoms with Gasteiger partial charge in [-0.2, -0.15) is 0 Å². The van der Waals surface area contributed by atoms with Gasteiger partial charge in [-0.05, 0) is 41.1 Å². The highest BCUT2D eigenvalue weighted by atomic mass is 35.5. The maximum Gasteiger partial charge on any atom is 0.328 e. The summed E-state index contributed by atoms with van der Waals surface area (Å²) in [7, 11) is 1.61. The molecule has 30 heavy (non-hydrogen) atoms. The minimum Gasteiger partial charge on any atom is -0.339 e. The molecule has 1 aliphatic rings. The number of thiazole rings is 1. The van der Waals surface area contributed by atoms with Gasteiger partial charge in [0.1, 0.15) is 0 Å². The highest BCUT2D eigenvalue weighted by Gasteiger charge is 2.30. The molecule has 2 N–H and O–H groups in total. The Bertz CT molecular complexity index is 1400. The molecule has 0 aliphatic heterocycles. The number of imidazole rings is 1. The second kappa shape index (κ2) is 7.42. The number of hydrogen-bond acceptors (Lipinski definition) is 6. The SMILES string of the molecule is Cn1cc(C2c3ccc(Cl)cc3C=Cc3sc(Sc4ncc[nH]4)nc32)c(=O)[nH]c1=O. The summed E-state index contributed by atoms with van der Waals surface area (Å²) in [6, 6.07) is 5.57. The highest BCUT2D eigenvalue weighted by Crippen LogP contribution is 2.42. The molecule has 10 heteroatoms. The van der Waals surface area contributed by atoms with Gasteiger partial charge >= 0.3 is 5.69 Å². The van der Waals surface area contributed by atoms with Crippen molar-refractivity contribution < 1.29 is 0 Å². The van der Waals surface area contributed by atoms with Crippen LogP contribution in [-0.4, -0.2) is 24.5 Å². The monoisotopic (exact) mass is 455 g/mol. The Kier molecular flexibility index (Phi) is 4.73. The third-order valence-electron chi connectivity index (χ3n) is 4.81. The molecule has 0 saturated heterocycles. The number of halogens is 1. The lowest BCUT2D eigenvalue weighted by Crippen LogP contribution is -2.31. The minimum atomic E-state index is -0.459. The topological polar surface area (TPSA) is 96.4 Å². The molecule has 5 rings (SSSR count). The van der Waals surface area contributed by atoms with E-state index in [1.54, 1.807) is 31.7 Å². The maximum absolute atomic E-state index is 12.8. The molecule has 0 radical (unpaired) electrons. The Morgan fingerprint density at radius 3 is 2.90 bits per heavy atom. The van der Waals surface area contributed by atoms with Crippen molar-refractivity contribution in [1.82, 2.24) is 24.5 Å². The van der Waals surface area contributed by atoms with Crippen LogP contribution in [0, 0.1) is 0 Å². The molecule has 1 unspecified atom stereocenters. The lowest BCUT2D eigenvalue weighted by atomic mass is 9.87. The summed E-state index contributed by atoms with van der Waals surface area (Å²) in [6.45, 7) is 0. The molecule has 3 heterocycles. The van der Waals surface area contributed by atoms with Crippen LogP contribution in [0.25, 0.3) is 12.2 Å². The summed E-state index contributed by atoms with van der Waals surface area (Å²) < 4.78 is 2.18. The van der Waals surface area contributed by atoms with E-state index in [0.717, 1.165) is 31.2 Å². The molecule has 7 nitrogen and oxygen atoms in total. The summed E-state index contributed by atoms with van der Waals surface area (Å²) in [5, 5.41) is 1.35. The van der Waals surface area contributed by atoms with E-state index in [-0.39, 0.29) is 0 Å². The summed E-state index contributed by atoms with van der Waals surface area (Å²) in [5.74, 6) is -0.444. The van der Waals surface area contributed by atoms with Crippen LogP contribution in [0.1, 0.15) is 33.2 Å². The van der Waals surface area contributed by atoms with E-state index in [4.69, 9.17) is 16.6 Å². The normalized spacial score (nSPS) is 14.9. The van der Waals surface area contributed by atoms with Gasteiger partial charge in [-0.1, -0.05) is 23.7 Å². The third-order valence-corrected chi connectivity index (χ3v) is 7.06. The number of fused-ring (bicyclic) bond motifs is 2. The van der Waals surface area contributed by atoms with E-state index < -0.39 is 17.2 Å². The predicted octanol–water partition coefficient (Wildman–Crippen LogP) is 3.72. The molecule has 0 amide bonds. The largest absolute Gasteiger partial charge is 0.339 e. The van der Waals surface area contributed by atoms with Crippen molar-refractivity contribution in [2.24, 2.45) is 7.05 Å².